The first kappa shape index (κ1) is 24.2. The Hall–Kier alpha value is -2.95. The number of fused-ring (bicyclic) bond motifs is 1. The predicted molar refractivity (Wildman–Crippen MR) is 127 cm³/mol. The van der Waals surface area contributed by atoms with Crippen molar-refractivity contribution in [1.29, 1.82) is 5.26 Å². The minimum absolute atomic E-state index is 0.0434. The van der Waals surface area contributed by atoms with Crippen LogP contribution in [-0.2, 0) is 24.8 Å². The van der Waals surface area contributed by atoms with Gasteiger partial charge in [0.2, 0.25) is 10.0 Å². The van der Waals surface area contributed by atoms with Gasteiger partial charge in [0.05, 0.1) is 33.2 Å². The number of hydrogen-bond donors (Lipinski definition) is 2. The highest BCUT2D eigenvalue weighted by atomic mass is 32.2. The van der Waals surface area contributed by atoms with Gasteiger partial charge in [-0.15, -0.1) is 0 Å². The van der Waals surface area contributed by atoms with E-state index in [0.717, 1.165) is 6.54 Å². The molecule has 2 N–H and O–H groups in total. The highest BCUT2D eigenvalue weighted by Gasteiger charge is 2.29. The maximum Gasteiger partial charge on any atom is 0.261 e. The third-order valence-corrected chi connectivity index (χ3v) is 9.09. The van der Waals surface area contributed by atoms with Gasteiger partial charge in [0.15, 0.2) is 0 Å². The van der Waals surface area contributed by atoms with Gasteiger partial charge in [-0.1, -0.05) is 12.1 Å². The lowest BCUT2D eigenvalue weighted by molar-refractivity contribution is 0.123. The van der Waals surface area contributed by atoms with Gasteiger partial charge in [0.25, 0.3) is 10.0 Å². The molecule has 1 fully saturated rings. The number of nitrogens with one attached hydrogen (secondary N) is 2. The molecular formula is C22H25N5O5S2. The topological polar surface area (TPSA) is 136 Å². The van der Waals surface area contributed by atoms with Gasteiger partial charge in [0.1, 0.15) is 6.07 Å². The average Bonchev–Trinajstić information content (AvgIpc) is 3.27. The lowest BCUT2D eigenvalue weighted by Gasteiger charge is -2.33. The number of aromatic amines is 1. The normalized spacial score (nSPS) is 15.9. The zero-order valence-electron chi connectivity index (χ0n) is 18.6. The molecule has 0 saturated carbocycles. The van der Waals surface area contributed by atoms with Crippen LogP contribution in [0.4, 0.5) is 5.69 Å². The molecule has 3 aromatic rings. The highest BCUT2D eigenvalue weighted by Crippen LogP contribution is 2.27. The van der Waals surface area contributed by atoms with E-state index in [1.807, 2.05) is 0 Å². The number of anilines is 1. The van der Waals surface area contributed by atoms with Crippen molar-refractivity contribution in [2.24, 2.45) is 0 Å². The number of methoxy groups -OCH3 is 1. The minimum Gasteiger partial charge on any atom is -0.383 e. The summed E-state index contributed by atoms with van der Waals surface area (Å²) in [4.78, 5) is 5.03. The SMILES string of the molecule is COCCN1CCN(S(=O)(=O)c2ccc(S(=O)(=O)Nc3cccc4c(C#N)c[nH]c34)cc2)CC1. The van der Waals surface area contributed by atoms with E-state index in [1.54, 1.807) is 25.3 Å². The molecule has 1 aliphatic rings. The van der Waals surface area contributed by atoms with Gasteiger partial charge in [-0.2, -0.15) is 9.57 Å². The number of ether oxygens (including phenoxy) is 1. The molecule has 2 heterocycles. The molecule has 1 aliphatic heterocycles. The van der Waals surface area contributed by atoms with Gasteiger partial charge in [-0.25, -0.2) is 16.8 Å². The van der Waals surface area contributed by atoms with Crippen LogP contribution < -0.4 is 4.72 Å². The Bertz CT molecular complexity index is 1420. The number of para-hydroxylation sites is 1. The lowest BCUT2D eigenvalue weighted by Crippen LogP contribution is -2.49. The van der Waals surface area contributed by atoms with E-state index in [-0.39, 0.29) is 9.79 Å². The van der Waals surface area contributed by atoms with E-state index in [0.29, 0.717) is 54.9 Å². The fourth-order valence-corrected chi connectivity index (χ4v) is 6.38. The summed E-state index contributed by atoms with van der Waals surface area (Å²) < 4.78 is 60.9. The summed E-state index contributed by atoms with van der Waals surface area (Å²) in [5.41, 5.74) is 1.19. The average molecular weight is 504 g/mol. The molecule has 0 atom stereocenters. The van der Waals surface area contributed by atoms with Crippen LogP contribution in [0, 0.1) is 11.3 Å². The second-order valence-electron chi connectivity index (χ2n) is 7.86. The van der Waals surface area contributed by atoms with Crippen molar-refractivity contribution in [1.82, 2.24) is 14.2 Å². The van der Waals surface area contributed by atoms with E-state index in [2.05, 4.69) is 20.7 Å². The van der Waals surface area contributed by atoms with Crippen LogP contribution in [0.2, 0.25) is 0 Å². The predicted octanol–water partition coefficient (Wildman–Crippen LogP) is 1.79. The van der Waals surface area contributed by atoms with E-state index in [9.17, 15) is 22.1 Å². The first-order valence-corrected chi connectivity index (χ1v) is 13.5. The number of H-pyrrole nitrogens is 1. The standard InChI is InChI=1S/C22H25N5O5S2/c1-32-14-13-26-9-11-27(12-10-26)34(30,31)19-7-5-18(6-8-19)33(28,29)25-21-4-2-3-20-17(15-23)16-24-22(20)21/h2-8,16,24-25H,9-14H2,1H3. The zero-order chi connectivity index (χ0) is 24.3. The third kappa shape index (κ3) is 4.79. The van der Waals surface area contributed by atoms with Crippen molar-refractivity contribution >= 4 is 36.6 Å². The fraction of sp³-hybridized carbons (Fsp3) is 0.318. The Morgan fingerprint density at radius 3 is 2.35 bits per heavy atom. The second kappa shape index (κ2) is 9.73. The number of nitrogens with zero attached hydrogens (tertiary/aromatic N) is 3. The summed E-state index contributed by atoms with van der Waals surface area (Å²) in [5.74, 6) is 0. The Labute approximate surface area is 198 Å². The summed E-state index contributed by atoms with van der Waals surface area (Å²) in [5, 5.41) is 9.79. The maximum absolute atomic E-state index is 13.0. The smallest absolute Gasteiger partial charge is 0.261 e. The Kier molecular flexibility index (Phi) is 6.92. The molecule has 0 amide bonds. The maximum atomic E-state index is 13.0. The van der Waals surface area contributed by atoms with Crippen LogP contribution in [0.25, 0.3) is 10.9 Å². The van der Waals surface area contributed by atoms with Crippen molar-refractivity contribution < 1.29 is 21.6 Å². The molecule has 0 unspecified atom stereocenters. The van der Waals surface area contributed by atoms with Gasteiger partial charge < -0.3 is 9.72 Å². The van der Waals surface area contributed by atoms with E-state index in [4.69, 9.17) is 4.74 Å². The molecule has 0 radical (unpaired) electrons. The second-order valence-corrected chi connectivity index (χ2v) is 11.5. The molecule has 0 spiro atoms. The highest BCUT2D eigenvalue weighted by molar-refractivity contribution is 7.92. The van der Waals surface area contributed by atoms with Gasteiger partial charge >= 0.3 is 0 Å². The van der Waals surface area contributed by atoms with Gasteiger partial charge in [-0.3, -0.25) is 9.62 Å². The molecule has 10 nitrogen and oxygen atoms in total. The Balaban J connectivity index is 1.50. The summed E-state index contributed by atoms with van der Waals surface area (Å²) >= 11 is 0. The molecular weight excluding hydrogens is 478 g/mol. The molecule has 0 bridgehead atoms. The third-order valence-electron chi connectivity index (χ3n) is 5.79. The fourth-order valence-electron chi connectivity index (χ4n) is 3.89. The number of rotatable bonds is 8. The summed E-state index contributed by atoms with van der Waals surface area (Å²) in [7, 11) is -6.09. The summed E-state index contributed by atoms with van der Waals surface area (Å²) in [6.45, 7) is 3.27. The quantitative estimate of drug-likeness (QED) is 0.478. The summed E-state index contributed by atoms with van der Waals surface area (Å²) in [6.07, 6.45) is 1.51. The van der Waals surface area contributed by atoms with Gasteiger partial charge in [0, 0.05) is 51.4 Å². The molecule has 180 valence electrons. The van der Waals surface area contributed by atoms with Crippen LogP contribution in [-0.4, -0.2) is 77.5 Å². The van der Waals surface area contributed by atoms with E-state index >= 15 is 0 Å². The van der Waals surface area contributed by atoms with E-state index < -0.39 is 20.0 Å². The first-order chi connectivity index (χ1) is 16.3. The first-order valence-electron chi connectivity index (χ1n) is 10.6. The van der Waals surface area contributed by atoms with Crippen LogP contribution in [0.1, 0.15) is 5.56 Å². The van der Waals surface area contributed by atoms with Crippen LogP contribution in [0.15, 0.2) is 58.5 Å². The molecule has 34 heavy (non-hydrogen) atoms. The number of aromatic nitrogens is 1. The van der Waals surface area contributed by atoms with Gasteiger partial charge in [-0.05, 0) is 30.3 Å². The van der Waals surface area contributed by atoms with Crippen molar-refractivity contribution in [3.05, 3.63) is 54.2 Å². The molecule has 1 aromatic heterocycles. The van der Waals surface area contributed by atoms with Crippen LogP contribution in [0.5, 0.6) is 0 Å². The Morgan fingerprint density at radius 2 is 1.71 bits per heavy atom. The largest absolute Gasteiger partial charge is 0.383 e. The van der Waals surface area contributed by atoms with E-state index in [1.165, 1.54) is 34.8 Å². The number of hydrogen-bond acceptors (Lipinski definition) is 7. The van der Waals surface area contributed by atoms with Crippen LogP contribution >= 0.6 is 0 Å². The van der Waals surface area contributed by atoms with Crippen molar-refractivity contribution in [2.75, 3.05) is 51.2 Å². The number of benzene rings is 2. The minimum atomic E-state index is -3.99. The zero-order valence-corrected chi connectivity index (χ0v) is 20.2. The molecule has 12 heteroatoms. The number of sulfonamides is 2. The summed E-state index contributed by atoms with van der Waals surface area (Å²) in [6, 6.07) is 12.2. The monoisotopic (exact) mass is 503 g/mol. The van der Waals surface area contributed by atoms with Crippen molar-refractivity contribution in [3.8, 4) is 6.07 Å². The van der Waals surface area contributed by atoms with Crippen molar-refractivity contribution in [2.45, 2.75) is 9.79 Å². The van der Waals surface area contributed by atoms with Crippen LogP contribution in [0.3, 0.4) is 0 Å². The lowest BCUT2D eigenvalue weighted by atomic mass is 10.2. The Morgan fingerprint density at radius 1 is 1.03 bits per heavy atom. The number of nitriles is 1. The molecule has 1 saturated heterocycles. The number of piperazine rings is 1. The molecule has 2 aromatic carbocycles. The van der Waals surface area contributed by atoms with Crippen molar-refractivity contribution in [3.63, 3.8) is 0 Å². The molecule has 4 rings (SSSR count). The molecule has 0 aliphatic carbocycles.